The van der Waals surface area contributed by atoms with E-state index in [0.29, 0.717) is 10.4 Å². The Morgan fingerprint density at radius 1 is 1.26 bits per heavy atom. The molecule has 0 saturated heterocycles. The molecule has 6 heteroatoms. The van der Waals surface area contributed by atoms with E-state index in [-0.39, 0.29) is 0 Å². The molecule has 19 heavy (non-hydrogen) atoms. The molecule has 0 spiro atoms. The molecule has 1 aromatic carbocycles. The van der Waals surface area contributed by atoms with E-state index < -0.39 is 11.4 Å². The van der Waals surface area contributed by atoms with Crippen molar-refractivity contribution < 1.29 is 9.21 Å². The second-order valence-corrected chi connectivity index (χ2v) is 5.83. The molecule has 0 saturated carbocycles. The number of furan rings is 1. The van der Waals surface area contributed by atoms with Crippen molar-refractivity contribution in [2.75, 3.05) is 5.32 Å². The van der Waals surface area contributed by atoms with Crippen LogP contribution in [0.1, 0.15) is 12.7 Å². The van der Waals surface area contributed by atoms with Gasteiger partial charge in [0.25, 0.3) is 5.91 Å². The largest absolute Gasteiger partial charge is 0.451 e. The number of primary amides is 1. The first-order valence-corrected chi connectivity index (χ1v) is 7.10. The van der Waals surface area contributed by atoms with Crippen molar-refractivity contribution in [3.05, 3.63) is 51.3 Å². The number of carbonyl (C=O) groups is 1. The van der Waals surface area contributed by atoms with Crippen molar-refractivity contribution in [3.63, 3.8) is 0 Å². The Balaban J connectivity index is 2.41. The second kappa shape index (κ2) is 5.38. The van der Waals surface area contributed by atoms with Gasteiger partial charge < -0.3 is 15.5 Å². The Labute approximate surface area is 127 Å². The van der Waals surface area contributed by atoms with Crippen LogP contribution in [0.15, 0.2) is 50.0 Å². The predicted molar refractivity (Wildman–Crippen MR) is 80.7 cm³/mol. The van der Waals surface area contributed by atoms with Gasteiger partial charge in [0.05, 0.1) is 0 Å². The molecule has 1 atom stereocenters. The summed E-state index contributed by atoms with van der Waals surface area (Å²) in [6.07, 6.45) is 0. The minimum absolute atomic E-state index is 0.447. The number of hydrogen-bond donors (Lipinski definition) is 2. The Morgan fingerprint density at radius 2 is 1.95 bits per heavy atom. The van der Waals surface area contributed by atoms with Crippen molar-refractivity contribution in [1.29, 1.82) is 0 Å². The van der Waals surface area contributed by atoms with Gasteiger partial charge in [0.15, 0.2) is 10.2 Å². The van der Waals surface area contributed by atoms with Crippen LogP contribution in [0.2, 0.25) is 0 Å². The first-order valence-electron chi connectivity index (χ1n) is 5.52. The lowest BCUT2D eigenvalue weighted by molar-refractivity contribution is -0.122. The molecule has 2 aromatic rings. The zero-order valence-corrected chi connectivity index (χ0v) is 13.3. The Morgan fingerprint density at radius 3 is 2.47 bits per heavy atom. The SMILES string of the molecule is CC(Nc1ccccc1Br)(C(N)=O)c1ccc(Br)o1. The lowest BCUT2D eigenvalue weighted by Crippen LogP contribution is -2.45. The molecule has 1 aromatic heterocycles. The highest BCUT2D eigenvalue weighted by atomic mass is 79.9. The molecule has 1 unspecified atom stereocenters. The van der Waals surface area contributed by atoms with Crippen LogP contribution in [0.3, 0.4) is 0 Å². The molecule has 0 bridgehead atoms. The van der Waals surface area contributed by atoms with Gasteiger partial charge in [-0.1, -0.05) is 12.1 Å². The normalized spacial score (nSPS) is 13.8. The van der Waals surface area contributed by atoms with E-state index in [9.17, 15) is 4.79 Å². The molecular weight excluding hydrogens is 376 g/mol. The first-order chi connectivity index (χ1) is 8.93. The van der Waals surface area contributed by atoms with Gasteiger partial charge in [-0.3, -0.25) is 4.79 Å². The molecule has 1 amide bonds. The molecule has 0 aliphatic heterocycles. The third-order valence-corrected chi connectivity index (χ3v) is 3.94. The van der Waals surface area contributed by atoms with Crippen LogP contribution >= 0.6 is 31.9 Å². The average Bonchev–Trinajstić information content (AvgIpc) is 2.79. The third kappa shape index (κ3) is 2.84. The number of amides is 1. The fourth-order valence-electron chi connectivity index (χ4n) is 1.66. The van der Waals surface area contributed by atoms with Crippen LogP contribution in [-0.2, 0) is 10.3 Å². The smallest absolute Gasteiger partial charge is 0.250 e. The van der Waals surface area contributed by atoms with Gasteiger partial charge in [0.2, 0.25) is 0 Å². The Kier molecular flexibility index (Phi) is 4.01. The van der Waals surface area contributed by atoms with E-state index in [2.05, 4.69) is 37.2 Å². The zero-order valence-electron chi connectivity index (χ0n) is 10.1. The van der Waals surface area contributed by atoms with Crippen molar-refractivity contribution in [1.82, 2.24) is 0 Å². The summed E-state index contributed by atoms with van der Waals surface area (Å²) in [5.41, 5.74) is 5.15. The summed E-state index contributed by atoms with van der Waals surface area (Å²) in [4.78, 5) is 11.8. The summed E-state index contributed by atoms with van der Waals surface area (Å²) in [7, 11) is 0. The highest BCUT2D eigenvalue weighted by molar-refractivity contribution is 9.10. The Hall–Kier alpha value is -1.27. The average molecular weight is 388 g/mol. The molecule has 0 fully saturated rings. The van der Waals surface area contributed by atoms with Crippen LogP contribution in [0.5, 0.6) is 0 Å². The van der Waals surface area contributed by atoms with Crippen molar-refractivity contribution in [2.45, 2.75) is 12.5 Å². The minimum atomic E-state index is -1.13. The van der Waals surface area contributed by atoms with E-state index in [1.54, 1.807) is 19.1 Å². The number of rotatable bonds is 4. The molecule has 100 valence electrons. The van der Waals surface area contributed by atoms with Gasteiger partial charge in [-0.05, 0) is 63.0 Å². The number of para-hydroxylation sites is 1. The van der Waals surface area contributed by atoms with E-state index in [1.807, 2.05) is 24.3 Å². The van der Waals surface area contributed by atoms with E-state index in [0.717, 1.165) is 10.2 Å². The summed E-state index contributed by atoms with van der Waals surface area (Å²) < 4.78 is 6.85. The predicted octanol–water partition coefficient (Wildman–Crippen LogP) is 3.62. The fourth-order valence-corrected chi connectivity index (χ4v) is 2.35. The zero-order chi connectivity index (χ0) is 14.0. The van der Waals surface area contributed by atoms with Crippen molar-refractivity contribution >= 4 is 43.5 Å². The van der Waals surface area contributed by atoms with Gasteiger partial charge >= 0.3 is 0 Å². The quantitative estimate of drug-likeness (QED) is 0.841. The third-order valence-electron chi connectivity index (χ3n) is 2.82. The van der Waals surface area contributed by atoms with Gasteiger partial charge in [-0.15, -0.1) is 0 Å². The number of carbonyl (C=O) groups excluding carboxylic acids is 1. The van der Waals surface area contributed by atoms with E-state index >= 15 is 0 Å². The molecule has 2 rings (SSSR count). The number of hydrogen-bond acceptors (Lipinski definition) is 3. The first kappa shape index (κ1) is 14.1. The fraction of sp³-hybridized carbons (Fsp3) is 0.154. The highest BCUT2D eigenvalue weighted by Gasteiger charge is 2.37. The van der Waals surface area contributed by atoms with Gasteiger partial charge in [0.1, 0.15) is 5.76 Å². The van der Waals surface area contributed by atoms with Crippen LogP contribution in [0.25, 0.3) is 0 Å². The van der Waals surface area contributed by atoms with Crippen LogP contribution in [0, 0.1) is 0 Å². The number of nitrogens with one attached hydrogen (secondary N) is 1. The monoisotopic (exact) mass is 386 g/mol. The number of benzene rings is 1. The lowest BCUT2D eigenvalue weighted by Gasteiger charge is -2.27. The summed E-state index contributed by atoms with van der Waals surface area (Å²) in [6.45, 7) is 1.68. The molecule has 0 radical (unpaired) electrons. The summed E-state index contributed by atoms with van der Waals surface area (Å²) in [5, 5.41) is 3.12. The molecule has 4 nitrogen and oxygen atoms in total. The van der Waals surface area contributed by atoms with E-state index in [4.69, 9.17) is 10.2 Å². The summed E-state index contributed by atoms with van der Waals surface area (Å²) >= 11 is 6.64. The topological polar surface area (TPSA) is 68.3 Å². The minimum Gasteiger partial charge on any atom is -0.451 e. The lowest BCUT2D eigenvalue weighted by atomic mass is 9.97. The number of halogens is 2. The molecule has 3 N–H and O–H groups in total. The maximum absolute atomic E-state index is 11.8. The molecule has 0 aliphatic rings. The van der Waals surface area contributed by atoms with Crippen LogP contribution in [0.4, 0.5) is 5.69 Å². The Bertz CT molecular complexity index is 612. The van der Waals surface area contributed by atoms with Gasteiger partial charge in [-0.2, -0.15) is 0 Å². The molecular formula is C13H12Br2N2O2. The number of nitrogens with two attached hydrogens (primary N) is 1. The van der Waals surface area contributed by atoms with Crippen molar-refractivity contribution in [3.8, 4) is 0 Å². The highest BCUT2D eigenvalue weighted by Crippen LogP contribution is 2.32. The second-order valence-electron chi connectivity index (χ2n) is 4.20. The molecule has 1 heterocycles. The molecule has 0 aliphatic carbocycles. The maximum Gasteiger partial charge on any atom is 0.250 e. The van der Waals surface area contributed by atoms with Gasteiger partial charge in [-0.25, -0.2) is 0 Å². The van der Waals surface area contributed by atoms with Crippen LogP contribution in [-0.4, -0.2) is 5.91 Å². The van der Waals surface area contributed by atoms with Gasteiger partial charge in [0, 0.05) is 10.2 Å². The van der Waals surface area contributed by atoms with Crippen LogP contribution < -0.4 is 11.1 Å². The number of anilines is 1. The van der Waals surface area contributed by atoms with Crippen molar-refractivity contribution in [2.24, 2.45) is 5.73 Å². The van der Waals surface area contributed by atoms with E-state index in [1.165, 1.54) is 0 Å². The summed E-state index contributed by atoms with van der Waals surface area (Å²) in [6, 6.07) is 10.9. The summed E-state index contributed by atoms with van der Waals surface area (Å²) in [5.74, 6) is -0.0762. The maximum atomic E-state index is 11.8. The standard InChI is InChI=1S/C13H12Br2N2O2/c1-13(12(16)18,10-6-7-11(15)19-10)17-9-5-3-2-4-8(9)14/h2-7,17H,1H3,(H2,16,18).